The zero-order chi connectivity index (χ0) is 22.4. The van der Waals surface area contributed by atoms with Gasteiger partial charge in [-0.2, -0.15) is 13.2 Å². The van der Waals surface area contributed by atoms with E-state index in [4.69, 9.17) is 24.2 Å². The first-order chi connectivity index (χ1) is 14.5. The molecule has 3 saturated heterocycles. The van der Waals surface area contributed by atoms with Crippen LogP contribution in [0.2, 0.25) is 5.02 Å². The summed E-state index contributed by atoms with van der Waals surface area (Å²) in [5.74, 6) is 6.01. The monoisotopic (exact) mass is 449 g/mol. The van der Waals surface area contributed by atoms with Crippen molar-refractivity contribution < 1.29 is 22.7 Å². The van der Waals surface area contributed by atoms with Crippen molar-refractivity contribution in [3.63, 3.8) is 0 Å². The maximum Gasteiger partial charge on any atom is 0.417 e. The maximum absolute atomic E-state index is 13.2. The molecule has 3 aliphatic heterocycles. The van der Waals surface area contributed by atoms with Crippen LogP contribution in [0.4, 0.5) is 13.2 Å². The number of benzene rings is 1. The third-order valence-corrected chi connectivity index (χ3v) is 6.02. The van der Waals surface area contributed by atoms with Gasteiger partial charge in [0.15, 0.2) is 0 Å². The predicted octanol–water partition coefficient (Wildman–Crippen LogP) is 2.20. The summed E-state index contributed by atoms with van der Waals surface area (Å²) in [6.45, 7) is 6.31. The summed E-state index contributed by atoms with van der Waals surface area (Å²) in [4.78, 5) is 15.7. The summed E-state index contributed by atoms with van der Waals surface area (Å²) in [5, 5.41) is 2.83. The Bertz CT molecular complexity index is 971. The van der Waals surface area contributed by atoms with Gasteiger partial charge in [-0.25, -0.2) is 0 Å². The molecule has 0 saturated carbocycles. The van der Waals surface area contributed by atoms with E-state index in [-0.39, 0.29) is 35.1 Å². The third kappa shape index (κ3) is 4.51. The molecule has 0 aromatic heterocycles. The summed E-state index contributed by atoms with van der Waals surface area (Å²) in [5.41, 5.74) is -1.89. The van der Waals surface area contributed by atoms with Crippen molar-refractivity contribution in [3.8, 4) is 11.8 Å². The lowest BCUT2D eigenvalue weighted by Crippen LogP contribution is -2.71. The number of alkyl halides is 3. The van der Waals surface area contributed by atoms with Crippen molar-refractivity contribution in [2.45, 2.75) is 24.1 Å². The van der Waals surface area contributed by atoms with Crippen LogP contribution in [-0.2, 0) is 15.7 Å². The summed E-state index contributed by atoms with van der Waals surface area (Å²) in [7, 11) is 6.36. The molecule has 5 nitrogen and oxygen atoms in total. The molecule has 3 aliphatic rings. The quantitative estimate of drug-likeness (QED) is 0.555. The first-order valence-corrected chi connectivity index (χ1v) is 10.2. The first kappa shape index (κ1) is 21.9. The Labute approximate surface area is 184 Å². The second kappa shape index (κ2) is 7.99. The van der Waals surface area contributed by atoms with Gasteiger partial charge in [0, 0.05) is 42.2 Å². The van der Waals surface area contributed by atoms with E-state index in [9.17, 15) is 18.0 Å². The second-order valence-corrected chi connectivity index (χ2v) is 8.51. The average Bonchev–Trinajstić information content (AvgIpc) is 2.65. The fraction of sp³-hybridized carbons (Fsp3) is 0.476. The molecule has 0 spiro atoms. The summed E-state index contributed by atoms with van der Waals surface area (Å²) in [6.07, 6.45) is -4.10. The number of likely N-dealkylation sites (tertiary alicyclic amines) is 2. The largest absolute Gasteiger partial charge is 0.417 e. The third-order valence-electron chi connectivity index (χ3n) is 5.79. The van der Waals surface area contributed by atoms with E-state index < -0.39 is 17.2 Å². The van der Waals surface area contributed by atoms with Crippen LogP contribution in [-0.4, -0.2) is 67.9 Å². The van der Waals surface area contributed by atoms with Gasteiger partial charge in [-0.05, 0) is 24.6 Å². The molecule has 0 unspecified atom stereocenters. The number of hydrogen-bond donors (Lipinski definition) is 1. The molecule has 4 rings (SSSR count). The molecule has 0 aliphatic carbocycles. The van der Waals surface area contributed by atoms with Crippen molar-refractivity contribution in [1.82, 2.24) is 15.1 Å². The summed E-state index contributed by atoms with van der Waals surface area (Å²) >= 11 is 5.70. The average molecular weight is 450 g/mol. The fourth-order valence-corrected chi connectivity index (χ4v) is 4.26. The molecule has 10 heteroatoms. The van der Waals surface area contributed by atoms with Gasteiger partial charge in [-0.3, -0.25) is 4.79 Å². The maximum atomic E-state index is 13.2. The number of nitrogens with zero attached hydrogens (tertiary/aromatic N) is 2. The number of amides is 1. The molecule has 1 aromatic carbocycles. The highest BCUT2D eigenvalue weighted by molar-refractivity contribution is 6.30. The van der Waals surface area contributed by atoms with Gasteiger partial charge < -0.3 is 19.9 Å². The Hall–Kier alpha value is -2.31. The number of carbonyl (C=O) groups excluding carboxylic acids is 1. The van der Waals surface area contributed by atoms with Crippen LogP contribution >= 0.6 is 11.6 Å². The Morgan fingerprint density at radius 1 is 1.35 bits per heavy atom. The lowest BCUT2D eigenvalue weighted by atomic mass is 9.69. The van der Waals surface area contributed by atoms with Gasteiger partial charge >= 0.3 is 6.18 Å². The fourth-order valence-electron chi connectivity index (χ4n) is 4.09. The minimum Gasteiger partial charge on any atom is -0.367 e. The van der Waals surface area contributed by atoms with Gasteiger partial charge in [-0.15, -0.1) is 0 Å². The van der Waals surface area contributed by atoms with E-state index in [0.717, 1.165) is 11.9 Å². The number of hydrogen-bond acceptors (Lipinski definition) is 4. The molecule has 3 fully saturated rings. The number of piperidine rings is 1. The molecule has 0 bridgehead atoms. The van der Waals surface area contributed by atoms with Crippen LogP contribution < -0.4 is 5.32 Å². The number of nitrogens with one attached hydrogen (secondary N) is 1. The number of fused-ring (bicyclic) bond motifs is 1. The number of ether oxygens (including phenoxy) is 1. The summed E-state index contributed by atoms with van der Waals surface area (Å²) in [6, 6.07) is 3.58. The molecule has 2 atom stereocenters. The van der Waals surface area contributed by atoms with Crippen molar-refractivity contribution in [2.75, 3.05) is 32.8 Å². The molecular formula is C21H20BClF3N3O2. The normalized spacial score (nSPS) is 26.3. The standard InChI is InChI=1S/C21H20BClF3N3O2/c1-13(28-7-6-18-20(22,12-28)27-19(30)11-31-18)29-9-14(10-29)2-3-15-4-5-16(23)8-17(15)21(24,25)26/h4-5,8,14,18H,1,6-7,9-12H2,(H,27,30)/t18-,20+/m0/s1. The molecule has 162 valence electrons. The van der Waals surface area contributed by atoms with Crippen LogP contribution in [0.3, 0.4) is 0 Å². The molecule has 1 amide bonds. The van der Waals surface area contributed by atoms with E-state index in [1.807, 2.05) is 9.80 Å². The Morgan fingerprint density at radius 2 is 2.10 bits per heavy atom. The predicted molar refractivity (Wildman–Crippen MR) is 110 cm³/mol. The van der Waals surface area contributed by atoms with Crippen LogP contribution in [0, 0.1) is 17.8 Å². The highest BCUT2D eigenvalue weighted by Crippen LogP contribution is 2.34. The minimum absolute atomic E-state index is 0.0146. The van der Waals surface area contributed by atoms with E-state index >= 15 is 0 Å². The van der Waals surface area contributed by atoms with Gasteiger partial charge in [0.25, 0.3) is 0 Å². The van der Waals surface area contributed by atoms with E-state index in [1.54, 1.807) is 0 Å². The number of morpholine rings is 1. The molecule has 2 radical (unpaired) electrons. The molecule has 1 aromatic rings. The van der Waals surface area contributed by atoms with Crippen LogP contribution in [0.1, 0.15) is 17.5 Å². The summed E-state index contributed by atoms with van der Waals surface area (Å²) < 4.78 is 45.1. The Kier molecular flexibility index (Phi) is 5.65. The number of carbonyl (C=O) groups is 1. The van der Waals surface area contributed by atoms with Gasteiger partial charge in [-0.1, -0.05) is 30.0 Å². The second-order valence-electron chi connectivity index (χ2n) is 8.07. The van der Waals surface area contributed by atoms with Crippen LogP contribution in [0.5, 0.6) is 0 Å². The zero-order valence-corrected chi connectivity index (χ0v) is 17.4. The van der Waals surface area contributed by atoms with Crippen LogP contribution in [0.25, 0.3) is 0 Å². The van der Waals surface area contributed by atoms with E-state index in [2.05, 4.69) is 23.7 Å². The van der Waals surface area contributed by atoms with Crippen molar-refractivity contribution in [3.05, 3.63) is 46.7 Å². The minimum atomic E-state index is -4.52. The lowest BCUT2D eigenvalue weighted by Gasteiger charge is -2.52. The Morgan fingerprint density at radius 3 is 2.81 bits per heavy atom. The van der Waals surface area contributed by atoms with Crippen molar-refractivity contribution >= 4 is 25.4 Å². The molecule has 3 heterocycles. The van der Waals surface area contributed by atoms with Crippen molar-refractivity contribution in [2.24, 2.45) is 5.92 Å². The highest BCUT2D eigenvalue weighted by Gasteiger charge is 2.45. The zero-order valence-electron chi connectivity index (χ0n) is 16.6. The van der Waals surface area contributed by atoms with Gasteiger partial charge in [0.05, 0.1) is 23.4 Å². The van der Waals surface area contributed by atoms with E-state index in [0.29, 0.717) is 32.6 Å². The molecule has 1 N–H and O–H groups in total. The van der Waals surface area contributed by atoms with Crippen LogP contribution in [0.15, 0.2) is 30.6 Å². The van der Waals surface area contributed by atoms with Crippen molar-refractivity contribution in [1.29, 1.82) is 0 Å². The first-order valence-electron chi connectivity index (χ1n) is 9.84. The number of rotatable bonds is 2. The number of halogens is 4. The molecule has 31 heavy (non-hydrogen) atoms. The SMILES string of the molecule is [B][C@@]12CN(C(=C)N3CC(C#Cc4ccc(Cl)cc4C(F)(F)F)C3)CC[C@@H]1OCC(=O)N2. The van der Waals surface area contributed by atoms with Gasteiger partial charge in [0.2, 0.25) is 5.91 Å². The highest BCUT2D eigenvalue weighted by atomic mass is 35.5. The smallest absolute Gasteiger partial charge is 0.367 e. The van der Waals surface area contributed by atoms with Gasteiger partial charge in [0.1, 0.15) is 14.5 Å². The topological polar surface area (TPSA) is 44.8 Å². The lowest BCUT2D eigenvalue weighted by molar-refractivity contribution is -0.143. The molecular weight excluding hydrogens is 430 g/mol. The Balaban J connectivity index is 1.37. The van der Waals surface area contributed by atoms with E-state index in [1.165, 1.54) is 12.1 Å².